The van der Waals surface area contributed by atoms with Crippen molar-refractivity contribution in [1.82, 2.24) is 10.2 Å². The summed E-state index contributed by atoms with van der Waals surface area (Å²) in [5, 5.41) is 24.2. The molecule has 1 heterocycles. The number of nitrogens with zero attached hydrogens (tertiary/aromatic N) is 3. The maximum absolute atomic E-state index is 14.5. The van der Waals surface area contributed by atoms with E-state index in [1.807, 2.05) is 6.07 Å². The molecule has 8 heteroatoms. The summed E-state index contributed by atoms with van der Waals surface area (Å²) in [5.41, 5.74) is 2.70. The second kappa shape index (κ2) is 8.96. The molecule has 0 radical (unpaired) electrons. The SMILES string of the molecule is COc1ccc(NC(=O)CC[C@@H]2C/C(=N\O)[C@@]3(C)CCC4c5cccc(F)c5CCC4C23)nn1. The van der Waals surface area contributed by atoms with Gasteiger partial charge in [-0.2, -0.15) is 0 Å². The summed E-state index contributed by atoms with van der Waals surface area (Å²) >= 11 is 0. The molecule has 34 heavy (non-hydrogen) atoms. The van der Waals surface area contributed by atoms with Crippen molar-refractivity contribution in [2.45, 2.75) is 57.8 Å². The maximum Gasteiger partial charge on any atom is 0.233 e. The zero-order valence-electron chi connectivity index (χ0n) is 19.6. The molecule has 3 aliphatic carbocycles. The van der Waals surface area contributed by atoms with Crippen molar-refractivity contribution >= 4 is 17.4 Å². The van der Waals surface area contributed by atoms with Crippen molar-refractivity contribution in [2.75, 3.05) is 12.4 Å². The third-order valence-corrected chi connectivity index (χ3v) is 8.57. The Kier molecular flexibility index (Phi) is 6.00. The van der Waals surface area contributed by atoms with Crippen LogP contribution in [0.3, 0.4) is 0 Å². The van der Waals surface area contributed by atoms with Crippen molar-refractivity contribution in [3.8, 4) is 5.88 Å². The summed E-state index contributed by atoms with van der Waals surface area (Å²) in [7, 11) is 1.51. The van der Waals surface area contributed by atoms with Gasteiger partial charge in [0.05, 0.1) is 12.8 Å². The average molecular weight is 467 g/mol. The monoisotopic (exact) mass is 466 g/mol. The first-order valence-corrected chi connectivity index (χ1v) is 12.1. The number of nitrogens with one attached hydrogen (secondary N) is 1. The van der Waals surface area contributed by atoms with E-state index in [9.17, 15) is 14.4 Å². The van der Waals surface area contributed by atoms with E-state index < -0.39 is 0 Å². The summed E-state index contributed by atoms with van der Waals surface area (Å²) < 4.78 is 19.5. The largest absolute Gasteiger partial charge is 0.480 e. The first kappa shape index (κ1) is 22.7. The summed E-state index contributed by atoms with van der Waals surface area (Å²) in [6, 6.07) is 8.79. The van der Waals surface area contributed by atoms with Crippen LogP contribution in [0.5, 0.6) is 5.88 Å². The van der Waals surface area contributed by atoms with E-state index >= 15 is 0 Å². The highest BCUT2D eigenvalue weighted by Gasteiger charge is 2.57. The van der Waals surface area contributed by atoms with Gasteiger partial charge in [-0.25, -0.2) is 4.39 Å². The summed E-state index contributed by atoms with van der Waals surface area (Å²) in [5.74, 6) is 1.84. The van der Waals surface area contributed by atoms with E-state index in [0.717, 1.165) is 42.5 Å². The van der Waals surface area contributed by atoms with Gasteiger partial charge in [0.15, 0.2) is 5.82 Å². The van der Waals surface area contributed by atoms with Crippen LogP contribution in [0.25, 0.3) is 0 Å². The number of methoxy groups -OCH3 is 1. The second-order valence-corrected chi connectivity index (χ2v) is 10.2. The van der Waals surface area contributed by atoms with Crippen LogP contribution < -0.4 is 10.1 Å². The number of hydrogen-bond donors (Lipinski definition) is 2. The van der Waals surface area contributed by atoms with E-state index in [-0.39, 0.29) is 23.1 Å². The summed E-state index contributed by atoms with van der Waals surface area (Å²) in [6.07, 6.45) is 5.31. The fraction of sp³-hybridized carbons (Fsp3) is 0.538. The van der Waals surface area contributed by atoms with Crippen LogP contribution >= 0.6 is 0 Å². The maximum atomic E-state index is 14.5. The van der Waals surface area contributed by atoms with Gasteiger partial charge in [-0.15, -0.1) is 10.2 Å². The molecule has 2 N–H and O–H groups in total. The molecule has 0 aliphatic heterocycles. The third kappa shape index (κ3) is 3.83. The number of anilines is 1. The van der Waals surface area contributed by atoms with Crippen molar-refractivity contribution in [2.24, 2.45) is 28.3 Å². The van der Waals surface area contributed by atoms with Crippen LogP contribution in [-0.4, -0.2) is 34.1 Å². The molecule has 1 aromatic heterocycles. The fourth-order valence-corrected chi connectivity index (χ4v) is 7.09. The summed E-state index contributed by atoms with van der Waals surface area (Å²) in [6.45, 7) is 2.22. The zero-order chi connectivity index (χ0) is 23.9. The molecule has 1 amide bonds. The number of rotatable bonds is 5. The third-order valence-electron chi connectivity index (χ3n) is 8.57. The van der Waals surface area contributed by atoms with Crippen LogP contribution in [0, 0.1) is 29.0 Å². The number of carbonyl (C=O) groups excluding carboxylic acids is 1. The van der Waals surface area contributed by atoms with Gasteiger partial charge >= 0.3 is 0 Å². The molecule has 3 unspecified atom stereocenters. The van der Waals surface area contributed by atoms with E-state index in [0.29, 0.717) is 48.7 Å². The number of hydrogen-bond acceptors (Lipinski definition) is 6. The molecule has 5 atom stereocenters. The van der Waals surface area contributed by atoms with Gasteiger partial charge in [0, 0.05) is 17.9 Å². The van der Waals surface area contributed by atoms with E-state index in [2.05, 4.69) is 33.7 Å². The van der Waals surface area contributed by atoms with Crippen LogP contribution in [0.4, 0.5) is 10.2 Å². The minimum Gasteiger partial charge on any atom is -0.480 e. The van der Waals surface area contributed by atoms with Gasteiger partial charge in [0.2, 0.25) is 11.8 Å². The number of benzene rings is 1. The minimum absolute atomic E-state index is 0.0943. The van der Waals surface area contributed by atoms with Crippen molar-refractivity contribution in [3.63, 3.8) is 0 Å². The van der Waals surface area contributed by atoms with Crippen LogP contribution in [-0.2, 0) is 11.2 Å². The van der Waals surface area contributed by atoms with Gasteiger partial charge < -0.3 is 15.3 Å². The van der Waals surface area contributed by atoms with Gasteiger partial charge in [-0.3, -0.25) is 4.79 Å². The Balaban J connectivity index is 1.33. The standard InChI is InChI=1S/C26H31FN4O3/c1-26-13-12-17-16-4-3-5-20(27)18(16)7-8-19(17)25(26)15(14-21(26)31-33)6-10-23(32)28-22-9-11-24(34-2)30-29-22/h3-5,9,11,15,17,19,25,33H,6-8,10,12-14H2,1-2H3,(H,28,29,32)/b31-21+/t15-,17?,19?,25?,26-/m1/s1. The highest BCUT2D eigenvalue weighted by Crippen LogP contribution is 2.62. The Hall–Kier alpha value is -3.03. The van der Waals surface area contributed by atoms with Crippen LogP contribution in [0.1, 0.15) is 62.5 Å². The topological polar surface area (TPSA) is 96.7 Å². The lowest BCUT2D eigenvalue weighted by atomic mass is 9.54. The normalized spacial score (nSPS) is 30.9. The van der Waals surface area contributed by atoms with E-state index in [1.165, 1.54) is 7.11 Å². The summed E-state index contributed by atoms with van der Waals surface area (Å²) in [4.78, 5) is 12.7. The number of carbonyl (C=O) groups is 1. The average Bonchev–Trinajstić information content (AvgIpc) is 3.15. The number of oxime groups is 1. The molecular weight excluding hydrogens is 435 g/mol. The van der Waals surface area contributed by atoms with Crippen molar-refractivity contribution < 1.29 is 19.1 Å². The fourth-order valence-electron chi connectivity index (χ4n) is 7.09. The molecule has 180 valence electrons. The molecule has 0 spiro atoms. The van der Waals surface area contributed by atoms with Gasteiger partial charge in [0.1, 0.15) is 5.82 Å². The Morgan fingerprint density at radius 2 is 2.15 bits per heavy atom. The predicted octanol–water partition coefficient (Wildman–Crippen LogP) is 4.96. The lowest BCUT2D eigenvalue weighted by Gasteiger charge is -2.50. The molecule has 7 nitrogen and oxygen atoms in total. The number of aromatic nitrogens is 2. The molecule has 3 aliphatic rings. The molecule has 2 fully saturated rings. The molecule has 2 saturated carbocycles. The second-order valence-electron chi connectivity index (χ2n) is 10.2. The van der Waals surface area contributed by atoms with Gasteiger partial charge in [-0.05, 0) is 85.5 Å². The van der Waals surface area contributed by atoms with E-state index in [4.69, 9.17) is 4.74 Å². The lowest BCUT2D eigenvalue weighted by Crippen LogP contribution is -2.44. The molecule has 1 aromatic carbocycles. The zero-order valence-corrected chi connectivity index (χ0v) is 19.6. The minimum atomic E-state index is -0.177. The number of halogens is 1. The van der Waals surface area contributed by atoms with Crippen molar-refractivity contribution in [3.05, 3.63) is 47.3 Å². The first-order valence-electron chi connectivity index (χ1n) is 12.1. The molecule has 2 aromatic rings. The Morgan fingerprint density at radius 3 is 2.88 bits per heavy atom. The first-order chi connectivity index (χ1) is 16.4. The molecule has 5 rings (SSSR count). The lowest BCUT2D eigenvalue weighted by molar-refractivity contribution is -0.116. The molecule has 0 saturated heterocycles. The van der Waals surface area contributed by atoms with Crippen LogP contribution in [0.2, 0.25) is 0 Å². The number of amides is 1. The Labute approximate surface area is 198 Å². The quantitative estimate of drug-likeness (QED) is 0.480. The number of fused-ring (bicyclic) bond motifs is 5. The Bertz CT molecular complexity index is 1110. The van der Waals surface area contributed by atoms with Crippen molar-refractivity contribution in [1.29, 1.82) is 0 Å². The molecule has 0 bridgehead atoms. The number of ether oxygens (including phenoxy) is 1. The predicted molar refractivity (Wildman–Crippen MR) is 126 cm³/mol. The highest BCUT2D eigenvalue weighted by atomic mass is 19.1. The van der Waals surface area contributed by atoms with Crippen LogP contribution in [0.15, 0.2) is 35.5 Å². The smallest absolute Gasteiger partial charge is 0.233 e. The van der Waals surface area contributed by atoms with Gasteiger partial charge in [0.25, 0.3) is 0 Å². The molecular formula is C26H31FN4O3. The highest BCUT2D eigenvalue weighted by molar-refractivity contribution is 5.93. The van der Waals surface area contributed by atoms with E-state index in [1.54, 1.807) is 18.2 Å². The van der Waals surface area contributed by atoms with Gasteiger partial charge in [-0.1, -0.05) is 24.2 Å². The Morgan fingerprint density at radius 1 is 1.29 bits per heavy atom.